The van der Waals surface area contributed by atoms with Gasteiger partial charge in [-0.15, -0.1) is 0 Å². The van der Waals surface area contributed by atoms with Crippen LogP contribution in [-0.4, -0.2) is 18.3 Å². The van der Waals surface area contributed by atoms with Crippen LogP contribution in [0.1, 0.15) is 34.3 Å². The number of unbranched alkanes of at least 4 members (excludes halogenated alkanes) is 1. The van der Waals surface area contributed by atoms with Crippen molar-refractivity contribution in [2.75, 3.05) is 11.5 Å². The zero-order valence-electron chi connectivity index (χ0n) is 16.2. The van der Waals surface area contributed by atoms with Crippen LogP contribution in [-0.2, 0) is 17.8 Å². The number of anilines is 1. The number of carbonyl (C=O) groups excluding carboxylic acids is 2. The summed E-state index contributed by atoms with van der Waals surface area (Å²) in [5, 5.41) is 0. The van der Waals surface area contributed by atoms with E-state index < -0.39 is 11.7 Å². The maximum Gasteiger partial charge on any atom is 0.299 e. The van der Waals surface area contributed by atoms with E-state index in [0.29, 0.717) is 24.4 Å². The number of hydrogen-bond acceptors (Lipinski definition) is 3. The first-order valence-corrected chi connectivity index (χ1v) is 9.93. The topological polar surface area (TPSA) is 46.6 Å². The lowest BCUT2D eigenvalue weighted by Crippen LogP contribution is -2.29. The Hall–Kier alpha value is -3.40. The highest BCUT2D eigenvalue weighted by atomic mass is 16.5. The summed E-state index contributed by atoms with van der Waals surface area (Å²) in [5.41, 5.74) is 3.47. The van der Waals surface area contributed by atoms with Crippen molar-refractivity contribution in [1.29, 1.82) is 0 Å². The number of amides is 1. The number of aryl methyl sites for hydroxylation is 1. The van der Waals surface area contributed by atoms with Gasteiger partial charge in [0.15, 0.2) is 0 Å². The number of rotatable bonds is 8. The Bertz CT molecular complexity index is 996. The Morgan fingerprint density at radius 3 is 2.24 bits per heavy atom. The molecule has 0 fully saturated rings. The van der Waals surface area contributed by atoms with Gasteiger partial charge in [-0.05, 0) is 54.7 Å². The Kier molecular flexibility index (Phi) is 5.71. The number of carbonyl (C=O) groups is 2. The molecule has 4 nitrogen and oxygen atoms in total. The normalized spacial score (nSPS) is 12.9. The molecule has 0 radical (unpaired) electrons. The SMILES string of the molecule is O=C1C(=O)N(Cc2ccc(OCCCCc3ccccc3)cc2)c2ccccc21. The second kappa shape index (κ2) is 8.74. The van der Waals surface area contributed by atoms with E-state index in [1.54, 1.807) is 12.1 Å². The van der Waals surface area contributed by atoms with E-state index in [2.05, 4.69) is 24.3 Å². The average Bonchev–Trinajstić information content (AvgIpc) is 3.00. The van der Waals surface area contributed by atoms with Gasteiger partial charge >= 0.3 is 0 Å². The van der Waals surface area contributed by atoms with Gasteiger partial charge in [-0.2, -0.15) is 0 Å². The van der Waals surface area contributed by atoms with Crippen LogP contribution < -0.4 is 9.64 Å². The second-order valence-corrected chi connectivity index (χ2v) is 7.17. The van der Waals surface area contributed by atoms with Crippen LogP contribution in [0, 0.1) is 0 Å². The molecule has 1 amide bonds. The molecule has 4 rings (SSSR count). The molecule has 3 aromatic carbocycles. The van der Waals surface area contributed by atoms with Crippen LogP contribution in [0.2, 0.25) is 0 Å². The predicted octanol–water partition coefficient (Wildman–Crippen LogP) is 4.82. The molecule has 0 saturated carbocycles. The Morgan fingerprint density at radius 2 is 1.45 bits per heavy atom. The van der Waals surface area contributed by atoms with Crippen LogP contribution in [0.3, 0.4) is 0 Å². The first-order valence-electron chi connectivity index (χ1n) is 9.93. The molecule has 146 valence electrons. The molecule has 0 unspecified atom stereocenters. The maximum absolute atomic E-state index is 12.3. The second-order valence-electron chi connectivity index (χ2n) is 7.17. The van der Waals surface area contributed by atoms with E-state index in [1.165, 1.54) is 10.5 Å². The lowest BCUT2D eigenvalue weighted by atomic mass is 10.1. The van der Waals surface area contributed by atoms with Gasteiger partial charge < -0.3 is 9.64 Å². The molecule has 1 heterocycles. The van der Waals surface area contributed by atoms with Crippen molar-refractivity contribution in [1.82, 2.24) is 0 Å². The summed E-state index contributed by atoms with van der Waals surface area (Å²) in [6.07, 6.45) is 3.15. The molecular weight excluding hydrogens is 362 g/mol. The number of fused-ring (bicyclic) bond motifs is 1. The standard InChI is InChI=1S/C25H23NO3/c27-24-22-11-4-5-12-23(22)26(25(24)28)18-20-13-15-21(16-14-20)29-17-7-6-10-19-8-2-1-3-9-19/h1-5,8-9,11-16H,6-7,10,17-18H2. The van der Waals surface area contributed by atoms with Crippen LogP contribution in [0.25, 0.3) is 0 Å². The Labute approximate surface area is 170 Å². The molecular formula is C25H23NO3. The zero-order chi connectivity index (χ0) is 20.1. The first kappa shape index (κ1) is 18.9. The van der Waals surface area contributed by atoms with Crippen LogP contribution in [0.4, 0.5) is 5.69 Å². The molecule has 4 heteroatoms. The highest BCUT2D eigenvalue weighted by Crippen LogP contribution is 2.30. The van der Waals surface area contributed by atoms with Crippen LogP contribution in [0.5, 0.6) is 5.75 Å². The van der Waals surface area contributed by atoms with E-state index >= 15 is 0 Å². The van der Waals surface area contributed by atoms with Crippen molar-refractivity contribution in [2.24, 2.45) is 0 Å². The van der Waals surface area contributed by atoms with E-state index in [9.17, 15) is 9.59 Å². The summed E-state index contributed by atoms with van der Waals surface area (Å²) in [7, 11) is 0. The highest BCUT2D eigenvalue weighted by molar-refractivity contribution is 6.52. The van der Waals surface area contributed by atoms with E-state index in [1.807, 2.05) is 42.5 Å². The Balaban J connectivity index is 1.27. The van der Waals surface area contributed by atoms with Gasteiger partial charge in [-0.25, -0.2) is 0 Å². The molecule has 0 saturated heterocycles. The average molecular weight is 385 g/mol. The molecule has 3 aromatic rings. The number of ketones is 1. The van der Waals surface area contributed by atoms with Crippen molar-refractivity contribution < 1.29 is 14.3 Å². The fourth-order valence-corrected chi connectivity index (χ4v) is 3.54. The van der Waals surface area contributed by atoms with E-state index in [0.717, 1.165) is 30.6 Å². The van der Waals surface area contributed by atoms with Gasteiger partial charge in [0.05, 0.1) is 24.4 Å². The number of Topliss-reactive ketones (excluding diaryl/α,β-unsaturated/α-hetero) is 1. The van der Waals surface area contributed by atoms with Gasteiger partial charge in [-0.3, -0.25) is 9.59 Å². The number of benzene rings is 3. The van der Waals surface area contributed by atoms with Crippen molar-refractivity contribution in [3.05, 3.63) is 95.6 Å². The zero-order valence-corrected chi connectivity index (χ0v) is 16.2. The van der Waals surface area contributed by atoms with Gasteiger partial charge in [0.25, 0.3) is 11.7 Å². The summed E-state index contributed by atoms with van der Waals surface area (Å²) < 4.78 is 5.83. The van der Waals surface area contributed by atoms with E-state index in [4.69, 9.17) is 4.74 Å². The summed E-state index contributed by atoms with van der Waals surface area (Å²) in [5.74, 6) is -0.0846. The molecule has 0 aliphatic carbocycles. The number of ether oxygens (including phenoxy) is 1. The summed E-state index contributed by atoms with van der Waals surface area (Å²) in [4.78, 5) is 25.9. The van der Waals surface area contributed by atoms with Crippen LogP contribution in [0.15, 0.2) is 78.9 Å². The molecule has 0 aromatic heterocycles. The van der Waals surface area contributed by atoms with Gasteiger partial charge in [0, 0.05) is 0 Å². The molecule has 1 aliphatic heterocycles. The predicted molar refractivity (Wildman–Crippen MR) is 113 cm³/mol. The molecule has 1 aliphatic rings. The van der Waals surface area contributed by atoms with Gasteiger partial charge in [0.1, 0.15) is 5.75 Å². The fraction of sp³-hybridized carbons (Fsp3) is 0.200. The quantitative estimate of drug-likeness (QED) is 0.413. The lowest BCUT2D eigenvalue weighted by molar-refractivity contribution is -0.114. The fourth-order valence-electron chi connectivity index (χ4n) is 3.54. The third-order valence-electron chi connectivity index (χ3n) is 5.11. The van der Waals surface area contributed by atoms with Crippen LogP contribution >= 0.6 is 0 Å². The minimum Gasteiger partial charge on any atom is -0.494 e. The number of hydrogen-bond donors (Lipinski definition) is 0. The third-order valence-corrected chi connectivity index (χ3v) is 5.11. The summed E-state index contributed by atoms with van der Waals surface area (Å²) in [6.45, 7) is 1.05. The smallest absolute Gasteiger partial charge is 0.299 e. The minimum absolute atomic E-state index is 0.374. The third kappa shape index (κ3) is 4.37. The maximum atomic E-state index is 12.3. The number of nitrogens with zero attached hydrogens (tertiary/aromatic N) is 1. The highest BCUT2D eigenvalue weighted by Gasteiger charge is 2.35. The van der Waals surface area contributed by atoms with E-state index in [-0.39, 0.29) is 0 Å². The summed E-state index contributed by atoms with van der Waals surface area (Å²) >= 11 is 0. The lowest BCUT2D eigenvalue weighted by Gasteiger charge is -2.16. The van der Waals surface area contributed by atoms with Crippen molar-refractivity contribution in [2.45, 2.75) is 25.8 Å². The molecule has 0 N–H and O–H groups in total. The van der Waals surface area contributed by atoms with Crippen molar-refractivity contribution in [3.8, 4) is 5.75 Å². The molecule has 0 spiro atoms. The largest absolute Gasteiger partial charge is 0.494 e. The first-order chi connectivity index (χ1) is 14.2. The van der Waals surface area contributed by atoms with Crippen molar-refractivity contribution in [3.63, 3.8) is 0 Å². The molecule has 29 heavy (non-hydrogen) atoms. The molecule has 0 atom stereocenters. The monoisotopic (exact) mass is 385 g/mol. The minimum atomic E-state index is -0.468. The molecule has 0 bridgehead atoms. The Morgan fingerprint density at radius 1 is 0.724 bits per heavy atom. The van der Waals surface area contributed by atoms with Crippen molar-refractivity contribution >= 4 is 17.4 Å². The van der Waals surface area contributed by atoms with Gasteiger partial charge in [0.2, 0.25) is 0 Å². The summed E-state index contributed by atoms with van der Waals surface area (Å²) in [6, 6.07) is 25.3. The number of para-hydroxylation sites is 1. The van der Waals surface area contributed by atoms with Gasteiger partial charge in [-0.1, -0.05) is 54.6 Å².